The summed E-state index contributed by atoms with van der Waals surface area (Å²) in [4.78, 5) is 51.0. The second kappa shape index (κ2) is 50.9. The molecule has 0 amide bonds. The number of aliphatic hydroxyl groups excluding tert-OH is 2. The van der Waals surface area contributed by atoms with Crippen LogP contribution in [0.4, 0.5) is 0 Å². The third-order valence-electron chi connectivity index (χ3n) is 13.3. The number of aliphatic hydroxyl groups is 2. The predicted molar refractivity (Wildman–Crippen MR) is 303 cm³/mol. The molecule has 1 rings (SSSR count). The van der Waals surface area contributed by atoms with Gasteiger partial charge in [0.1, 0.15) is 18.8 Å². The number of ether oxygens (including phenoxy) is 5. The zero-order chi connectivity index (χ0) is 54.7. The monoisotopic (exact) mass is 1050 g/mol. The van der Waals surface area contributed by atoms with Crippen LogP contribution >= 0.6 is 0 Å². The van der Waals surface area contributed by atoms with Crippen molar-refractivity contribution in [3.63, 3.8) is 0 Å². The molecule has 1 heterocycles. The van der Waals surface area contributed by atoms with Crippen molar-refractivity contribution in [2.24, 2.45) is 0 Å². The summed E-state index contributed by atoms with van der Waals surface area (Å²) in [5, 5.41) is 31.4. The molecule has 0 aromatic heterocycles. The van der Waals surface area contributed by atoms with E-state index in [4.69, 9.17) is 23.7 Å². The van der Waals surface area contributed by atoms with E-state index in [2.05, 4.69) is 81.5 Å². The number of hydrogen-bond acceptors (Lipinski definition) is 11. The van der Waals surface area contributed by atoms with Gasteiger partial charge in [0, 0.05) is 19.3 Å². The Bertz CT molecular complexity index is 1580. The van der Waals surface area contributed by atoms with Gasteiger partial charge in [-0.2, -0.15) is 0 Å². The third-order valence-corrected chi connectivity index (χ3v) is 13.3. The highest BCUT2D eigenvalue weighted by molar-refractivity contribution is 5.74. The number of carbonyl (C=O) groups excluding carboxylic acids is 3. The molecular formula is C63H106O12. The summed E-state index contributed by atoms with van der Waals surface area (Å²) in [6, 6.07) is 0. The summed E-state index contributed by atoms with van der Waals surface area (Å²) in [5.74, 6) is -3.24. The van der Waals surface area contributed by atoms with E-state index in [1.165, 1.54) is 96.3 Å². The highest BCUT2D eigenvalue weighted by Crippen LogP contribution is 2.26. The topological polar surface area (TPSA) is 175 Å². The van der Waals surface area contributed by atoms with Gasteiger partial charge in [-0.05, 0) is 70.6 Å². The Balaban J connectivity index is 2.69. The lowest BCUT2D eigenvalue weighted by molar-refractivity contribution is -0.301. The number of carbonyl (C=O) groups is 4. The molecule has 12 heteroatoms. The SMILES string of the molecule is CC/C=C\C/C=C\C/C=C\C/C=C\CCC(=O)OC(COC(=O)CCCCCCCCCCCCCCCCCCCCC)COC1OC(C(=O)O)C(O)C(O)C1OC(=O)CCCCCCC/C=C\C/C=C\CCC. The molecular weight excluding hydrogens is 949 g/mol. The van der Waals surface area contributed by atoms with Gasteiger partial charge in [0.25, 0.3) is 0 Å². The number of unbranched alkanes of at least 4 members (excludes halogenated alkanes) is 24. The molecule has 0 saturated carbocycles. The zero-order valence-corrected chi connectivity index (χ0v) is 47.3. The molecule has 0 aromatic rings. The van der Waals surface area contributed by atoms with Crippen LogP contribution in [0.5, 0.6) is 0 Å². The molecule has 0 spiro atoms. The van der Waals surface area contributed by atoms with Crippen molar-refractivity contribution in [2.75, 3.05) is 13.2 Å². The second-order valence-electron chi connectivity index (χ2n) is 20.3. The smallest absolute Gasteiger partial charge is 0.335 e. The minimum atomic E-state index is -1.92. The first kappa shape index (κ1) is 69.2. The second-order valence-corrected chi connectivity index (χ2v) is 20.3. The Morgan fingerprint density at radius 3 is 1.39 bits per heavy atom. The van der Waals surface area contributed by atoms with Crippen LogP contribution in [-0.4, -0.2) is 89.2 Å². The Morgan fingerprint density at radius 1 is 0.453 bits per heavy atom. The molecule has 3 N–H and O–H groups in total. The maximum Gasteiger partial charge on any atom is 0.335 e. The molecule has 1 saturated heterocycles. The van der Waals surface area contributed by atoms with Gasteiger partial charge in [-0.25, -0.2) is 4.79 Å². The number of allylic oxidation sites excluding steroid dienone is 12. The van der Waals surface area contributed by atoms with Gasteiger partial charge in [-0.15, -0.1) is 0 Å². The van der Waals surface area contributed by atoms with Crippen LogP contribution in [-0.2, 0) is 42.9 Å². The highest BCUT2D eigenvalue weighted by Gasteiger charge is 2.50. The van der Waals surface area contributed by atoms with E-state index in [-0.39, 0.29) is 25.9 Å². The van der Waals surface area contributed by atoms with Crippen LogP contribution in [0.1, 0.15) is 252 Å². The summed E-state index contributed by atoms with van der Waals surface area (Å²) >= 11 is 0. The molecule has 6 unspecified atom stereocenters. The standard InChI is InChI=1S/C63H106O12/c1-4-7-10-13-16-19-22-25-26-27-28-29-30-33-34-37-40-43-46-49-55(64)71-52-54(73-56(65)50-47-44-41-38-35-31-23-20-17-14-11-8-5-2)53-72-63-61(59(68)58(67)60(75-63)62(69)70)74-57(66)51-48-45-42-39-36-32-24-21-18-15-12-9-6-3/h8,11-12,15,17,20-21,24,31,35,41,44,54,58-61,63,67-68H,4-7,9-10,13-14,16,18-19,22-23,25-30,32-34,36-40,42-43,45-53H2,1-3H3,(H,69,70)/b11-8-,15-12-,20-17-,24-21-,35-31-,44-41-. The van der Waals surface area contributed by atoms with Crippen molar-refractivity contribution < 1.29 is 58.2 Å². The van der Waals surface area contributed by atoms with Crippen molar-refractivity contribution in [2.45, 2.75) is 289 Å². The van der Waals surface area contributed by atoms with E-state index in [0.717, 1.165) is 89.9 Å². The van der Waals surface area contributed by atoms with Gasteiger partial charge in [0.2, 0.25) is 0 Å². The van der Waals surface area contributed by atoms with Crippen LogP contribution < -0.4 is 0 Å². The van der Waals surface area contributed by atoms with E-state index >= 15 is 0 Å². The van der Waals surface area contributed by atoms with Crippen molar-refractivity contribution in [1.29, 1.82) is 0 Å². The lowest BCUT2D eigenvalue weighted by Crippen LogP contribution is -2.61. The molecule has 0 aromatic carbocycles. The Hall–Kier alpha value is -3.84. The molecule has 0 radical (unpaired) electrons. The molecule has 0 bridgehead atoms. The summed E-state index contributed by atoms with van der Waals surface area (Å²) < 4.78 is 28.3. The Labute approximate surface area is 455 Å². The largest absolute Gasteiger partial charge is 0.479 e. The normalized spacial score (nSPS) is 18.7. The predicted octanol–water partition coefficient (Wildman–Crippen LogP) is 15.3. The van der Waals surface area contributed by atoms with Crippen molar-refractivity contribution in [3.8, 4) is 0 Å². The quantitative estimate of drug-likeness (QED) is 0.0228. The average molecular weight is 1060 g/mol. The van der Waals surface area contributed by atoms with Crippen LogP contribution in [0, 0.1) is 0 Å². The van der Waals surface area contributed by atoms with Crippen molar-refractivity contribution in [3.05, 3.63) is 72.9 Å². The van der Waals surface area contributed by atoms with Crippen LogP contribution in [0.15, 0.2) is 72.9 Å². The maximum atomic E-state index is 13.1. The summed E-state index contributed by atoms with van der Waals surface area (Å²) in [7, 11) is 0. The molecule has 12 nitrogen and oxygen atoms in total. The Kier molecular flexibility index (Phi) is 47.0. The summed E-state index contributed by atoms with van der Waals surface area (Å²) in [6.45, 7) is 5.75. The molecule has 75 heavy (non-hydrogen) atoms. The lowest BCUT2D eigenvalue weighted by atomic mass is 9.98. The van der Waals surface area contributed by atoms with Crippen LogP contribution in [0.2, 0.25) is 0 Å². The molecule has 6 atom stereocenters. The van der Waals surface area contributed by atoms with Crippen LogP contribution in [0.25, 0.3) is 0 Å². The Morgan fingerprint density at radius 2 is 0.893 bits per heavy atom. The van der Waals surface area contributed by atoms with E-state index in [1.807, 2.05) is 12.2 Å². The first-order valence-electron chi connectivity index (χ1n) is 29.9. The van der Waals surface area contributed by atoms with Crippen LogP contribution in [0.3, 0.4) is 0 Å². The van der Waals surface area contributed by atoms with E-state index in [1.54, 1.807) is 0 Å². The number of aliphatic carboxylic acids is 1. The van der Waals surface area contributed by atoms with Gasteiger partial charge in [-0.3, -0.25) is 14.4 Å². The maximum absolute atomic E-state index is 13.1. The number of esters is 3. The fraction of sp³-hybridized carbons (Fsp3) is 0.746. The fourth-order valence-corrected chi connectivity index (χ4v) is 8.71. The number of carboxylic acid groups (broad SMARTS) is 1. The fourth-order valence-electron chi connectivity index (χ4n) is 8.71. The van der Waals surface area contributed by atoms with Gasteiger partial charge < -0.3 is 39.0 Å². The zero-order valence-electron chi connectivity index (χ0n) is 47.3. The first-order valence-corrected chi connectivity index (χ1v) is 29.9. The lowest BCUT2D eigenvalue weighted by Gasteiger charge is -2.40. The van der Waals surface area contributed by atoms with Gasteiger partial charge in [-0.1, -0.05) is 235 Å². The minimum Gasteiger partial charge on any atom is -0.479 e. The van der Waals surface area contributed by atoms with Crippen molar-refractivity contribution >= 4 is 23.9 Å². The molecule has 0 aliphatic carbocycles. The molecule has 1 fully saturated rings. The molecule has 430 valence electrons. The summed E-state index contributed by atoms with van der Waals surface area (Å²) in [5.41, 5.74) is 0. The number of rotatable bonds is 50. The number of hydrogen-bond donors (Lipinski definition) is 3. The average Bonchev–Trinajstić information content (AvgIpc) is 3.39. The minimum absolute atomic E-state index is 0.0351. The van der Waals surface area contributed by atoms with Gasteiger partial charge in [0.05, 0.1) is 6.61 Å². The van der Waals surface area contributed by atoms with Gasteiger partial charge in [0.15, 0.2) is 24.6 Å². The van der Waals surface area contributed by atoms with Gasteiger partial charge >= 0.3 is 23.9 Å². The third kappa shape index (κ3) is 41.0. The van der Waals surface area contributed by atoms with E-state index in [9.17, 15) is 34.5 Å². The molecule has 1 aliphatic rings. The van der Waals surface area contributed by atoms with E-state index < -0.39 is 67.3 Å². The van der Waals surface area contributed by atoms with E-state index in [0.29, 0.717) is 25.7 Å². The van der Waals surface area contributed by atoms with Crippen molar-refractivity contribution in [1.82, 2.24) is 0 Å². The molecule has 1 aliphatic heterocycles. The first-order chi connectivity index (χ1) is 36.6. The highest BCUT2D eigenvalue weighted by atomic mass is 16.7. The summed E-state index contributed by atoms with van der Waals surface area (Å²) in [6.07, 6.45) is 51.9. The number of carboxylic acids is 1.